The van der Waals surface area contributed by atoms with E-state index in [2.05, 4.69) is 20.3 Å². The summed E-state index contributed by atoms with van der Waals surface area (Å²) in [5.41, 5.74) is -0.557. The highest BCUT2D eigenvalue weighted by molar-refractivity contribution is 7.90. The second-order valence-corrected chi connectivity index (χ2v) is 10.9. The van der Waals surface area contributed by atoms with Crippen LogP contribution in [0.2, 0.25) is 0 Å². The molecule has 2 amide bonds. The summed E-state index contributed by atoms with van der Waals surface area (Å²) in [5, 5.41) is 21.0. The molecule has 2 aromatic rings. The number of ether oxygens (including phenoxy) is 2. The summed E-state index contributed by atoms with van der Waals surface area (Å²) in [5.74, 6) is -3.63. The number of carboxylic acid groups (broad SMARTS) is 1. The fraction of sp³-hybridized carbons (Fsp3) is 0.385. The lowest BCUT2D eigenvalue weighted by Gasteiger charge is -2.21. The molecule has 0 unspecified atom stereocenters. The van der Waals surface area contributed by atoms with E-state index in [0.29, 0.717) is 0 Å². The zero-order valence-electron chi connectivity index (χ0n) is 23.3. The number of Topliss-reactive ketones (excluding diaryl/α,β-unsaturated/α-hetero) is 2. The van der Waals surface area contributed by atoms with Crippen molar-refractivity contribution in [2.45, 2.75) is 44.4 Å². The van der Waals surface area contributed by atoms with E-state index >= 15 is 0 Å². The number of aromatic carboxylic acids is 1. The Hall–Kier alpha value is -4.93. The second kappa shape index (κ2) is 13.8. The number of rotatable bonds is 8. The van der Waals surface area contributed by atoms with E-state index < -0.39 is 55.9 Å². The van der Waals surface area contributed by atoms with Gasteiger partial charge >= 0.3 is 24.0 Å². The van der Waals surface area contributed by atoms with Crippen LogP contribution in [0.3, 0.4) is 0 Å². The Balaban J connectivity index is 0.000000248. The van der Waals surface area contributed by atoms with Crippen LogP contribution in [0.1, 0.15) is 48.8 Å². The van der Waals surface area contributed by atoms with Crippen LogP contribution in [0.5, 0.6) is 6.01 Å². The zero-order chi connectivity index (χ0) is 31.9. The van der Waals surface area contributed by atoms with Crippen LogP contribution in [0.15, 0.2) is 40.5 Å². The van der Waals surface area contributed by atoms with Gasteiger partial charge in [0.25, 0.3) is 10.0 Å². The van der Waals surface area contributed by atoms with Gasteiger partial charge in [0, 0.05) is 18.8 Å². The Morgan fingerprint density at radius 2 is 1.63 bits per heavy atom. The minimum Gasteiger partial charge on any atom is -0.511 e. The van der Waals surface area contributed by atoms with Crippen LogP contribution in [0.4, 0.5) is 10.7 Å². The lowest BCUT2D eigenvalue weighted by atomic mass is 9.82. The molecule has 1 aromatic carbocycles. The summed E-state index contributed by atoms with van der Waals surface area (Å²) >= 11 is 0. The van der Waals surface area contributed by atoms with Crippen molar-refractivity contribution in [2.75, 3.05) is 19.0 Å². The highest BCUT2D eigenvalue weighted by Crippen LogP contribution is 2.38. The number of nitrogens with one attached hydrogen (secondary N) is 2. The molecule has 16 nitrogen and oxygen atoms in total. The van der Waals surface area contributed by atoms with Crippen molar-refractivity contribution in [3.05, 3.63) is 47.0 Å². The van der Waals surface area contributed by atoms with Gasteiger partial charge in [-0.15, -0.1) is 0 Å². The fourth-order valence-electron chi connectivity index (χ4n) is 3.94. The first kappa shape index (κ1) is 32.6. The zero-order valence-corrected chi connectivity index (χ0v) is 24.1. The van der Waals surface area contributed by atoms with Crippen LogP contribution >= 0.6 is 0 Å². The first-order chi connectivity index (χ1) is 20.3. The number of hydrogen-bond donors (Lipinski definition) is 4. The number of anilines is 1. The summed E-state index contributed by atoms with van der Waals surface area (Å²) in [7, 11) is -3.11. The highest BCUT2D eigenvalue weighted by Gasteiger charge is 2.40. The number of aromatic nitrogens is 3. The Morgan fingerprint density at radius 1 is 1.00 bits per heavy atom. The number of aliphatic hydroxyl groups excluding tert-OH is 1. The van der Waals surface area contributed by atoms with E-state index in [0.717, 1.165) is 25.0 Å². The van der Waals surface area contributed by atoms with Crippen molar-refractivity contribution in [2.24, 2.45) is 11.8 Å². The number of aliphatic hydroxyl groups is 1. The van der Waals surface area contributed by atoms with Gasteiger partial charge < -0.3 is 19.7 Å². The Kier molecular flexibility index (Phi) is 10.5. The smallest absolute Gasteiger partial charge is 0.337 e. The quantitative estimate of drug-likeness (QED) is 0.142. The molecule has 2 saturated carbocycles. The van der Waals surface area contributed by atoms with E-state index in [-0.39, 0.29) is 54.5 Å². The maximum Gasteiger partial charge on any atom is 0.337 e. The molecule has 0 aliphatic heterocycles. The monoisotopic (exact) mass is 619 g/mol. The average molecular weight is 620 g/mol. The lowest BCUT2D eigenvalue weighted by molar-refractivity contribution is -0.151. The van der Waals surface area contributed by atoms with Crippen LogP contribution in [-0.4, -0.2) is 76.8 Å². The molecule has 0 spiro atoms. The third-order valence-corrected chi connectivity index (χ3v) is 7.42. The third kappa shape index (κ3) is 8.54. The molecule has 4 rings (SSSR count). The molecule has 1 heterocycles. The van der Waals surface area contributed by atoms with Gasteiger partial charge in [-0.1, -0.05) is 12.1 Å². The molecule has 0 bridgehead atoms. The number of esters is 1. The summed E-state index contributed by atoms with van der Waals surface area (Å²) in [6.07, 6.45) is 1.54. The number of hydrogen-bond acceptors (Lipinski definition) is 13. The summed E-state index contributed by atoms with van der Waals surface area (Å²) in [4.78, 5) is 69.0. The number of allylic oxidation sites excluding steroid dienone is 2. The van der Waals surface area contributed by atoms with Crippen LogP contribution in [0, 0.1) is 18.8 Å². The number of urea groups is 1. The SMILES string of the molecule is CCOC(=O)C1CC(=O)C(=C(O)C2CC2)C(=O)C1.COc1nc(C)nc(NC(=O)NS(=O)(=O)c2ccccc2C(=O)O)n1. The molecule has 0 saturated heterocycles. The van der Waals surface area contributed by atoms with Gasteiger partial charge in [0.1, 0.15) is 16.5 Å². The molecule has 2 aliphatic carbocycles. The van der Waals surface area contributed by atoms with E-state index in [1.54, 1.807) is 11.6 Å². The van der Waals surface area contributed by atoms with Gasteiger partial charge in [-0.05, 0) is 38.8 Å². The van der Waals surface area contributed by atoms with Gasteiger partial charge in [0.15, 0.2) is 11.6 Å². The molecule has 4 N–H and O–H groups in total. The Morgan fingerprint density at radius 3 is 2.19 bits per heavy atom. The number of methoxy groups -OCH3 is 1. The molecule has 0 radical (unpaired) electrons. The second-order valence-electron chi connectivity index (χ2n) is 9.29. The van der Waals surface area contributed by atoms with Gasteiger partial charge in [0.2, 0.25) is 5.95 Å². The number of carbonyl (C=O) groups excluding carboxylic acids is 4. The van der Waals surface area contributed by atoms with Crippen molar-refractivity contribution in [1.29, 1.82) is 0 Å². The normalized spacial score (nSPS) is 16.3. The van der Waals surface area contributed by atoms with Crippen molar-refractivity contribution in [1.82, 2.24) is 19.7 Å². The lowest BCUT2D eigenvalue weighted by Crippen LogP contribution is -2.35. The number of ketones is 2. The molecule has 230 valence electrons. The third-order valence-electron chi connectivity index (χ3n) is 6.03. The maximum atomic E-state index is 12.2. The van der Waals surface area contributed by atoms with Gasteiger partial charge in [-0.2, -0.15) is 15.0 Å². The number of carbonyl (C=O) groups is 5. The minimum absolute atomic E-state index is 0.0351. The molecule has 43 heavy (non-hydrogen) atoms. The molecular formula is C26H29N5O11S. The molecule has 1 aromatic heterocycles. The number of nitrogens with zero attached hydrogens (tertiary/aromatic N) is 3. The first-order valence-corrected chi connectivity index (χ1v) is 14.3. The van der Waals surface area contributed by atoms with Crippen LogP contribution in [0.25, 0.3) is 0 Å². The Labute approximate surface area is 245 Å². The first-order valence-electron chi connectivity index (χ1n) is 12.9. The summed E-state index contributed by atoms with van der Waals surface area (Å²) in [6, 6.07) is 3.63. The molecule has 2 aliphatic rings. The minimum atomic E-state index is -4.43. The number of carboxylic acids is 1. The van der Waals surface area contributed by atoms with Crippen molar-refractivity contribution >= 4 is 45.5 Å². The average Bonchev–Trinajstić information content (AvgIpc) is 3.78. The fourth-order valence-corrected chi connectivity index (χ4v) is 5.05. The van der Waals surface area contributed by atoms with E-state index in [1.807, 2.05) is 0 Å². The highest BCUT2D eigenvalue weighted by atomic mass is 32.2. The van der Waals surface area contributed by atoms with Crippen molar-refractivity contribution in [3.8, 4) is 6.01 Å². The molecule has 2 fully saturated rings. The van der Waals surface area contributed by atoms with Gasteiger partial charge in [-0.25, -0.2) is 22.7 Å². The molecule has 17 heteroatoms. The summed E-state index contributed by atoms with van der Waals surface area (Å²) < 4.78 is 35.8. The number of aryl methyl sites for hydroxylation is 1. The standard InChI is InChI=1S/C13H13N5O6S.C13H16O5/c1-7-14-11(17-13(15-7)24-2)16-12(21)18-25(22,23)9-6-4-3-5-8(9)10(19)20;1-2-18-13(17)8-5-9(14)11(10(15)6-8)12(16)7-3-4-7/h3-6H,1-2H3,(H,19,20)(H2,14,15,16,17,18,21);7-8,16H,2-6H2,1H3. The number of amides is 2. The maximum absolute atomic E-state index is 12.2. The topological polar surface area (TPSA) is 241 Å². The predicted octanol–water partition coefficient (Wildman–Crippen LogP) is 1.72. The van der Waals surface area contributed by atoms with E-state index in [4.69, 9.17) is 14.6 Å². The van der Waals surface area contributed by atoms with Crippen molar-refractivity contribution < 1.29 is 52.1 Å². The van der Waals surface area contributed by atoms with Crippen LogP contribution in [-0.2, 0) is 29.1 Å². The molecular weight excluding hydrogens is 590 g/mol. The van der Waals surface area contributed by atoms with Gasteiger partial charge in [0.05, 0.1) is 30.8 Å². The predicted molar refractivity (Wildman–Crippen MR) is 146 cm³/mol. The molecule has 0 atom stereocenters. The largest absolute Gasteiger partial charge is 0.511 e. The van der Waals surface area contributed by atoms with Crippen LogP contribution < -0.4 is 14.8 Å². The summed E-state index contributed by atoms with van der Waals surface area (Å²) in [6.45, 7) is 3.43. The van der Waals surface area contributed by atoms with Gasteiger partial charge in [-0.3, -0.25) is 19.7 Å². The van der Waals surface area contributed by atoms with E-state index in [1.165, 1.54) is 26.2 Å². The number of benzene rings is 1. The number of sulfonamides is 1. The van der Waals surface area contributed by atoms with E-state index in [9.17, 15) is 37.5 Å². The Bertz CT molecular complexity index is 1570. The van der Waals surface area contributed by atoms with Crippen molar-refractivity contribution in [3.63, 3.8) is 0 Å².